The van der Waals surface area contributed by atoms with Crippen LogP contribution in [0.15, 0.2) is 12.1 Å². The molecule has 0 heterocycles. The van der Waals surface area contributed by atoms with Gasteiger partial charge in [0.1, 0.15) is 0 Å². The standard InChI is InChI=1S/C14H14O4S/c1-10(16)19-6-4-3-5-11-7-12(9-15)14(17)13(8-11)18-2/h7-9,17H,4,6H2,1-2H3. The van der Waals surface area contributed by atoms with Crippen LogP contribution in [0.5, 0.6) is 11.5 Å². The first-order valence-corrected chi connectivity index (χ1v) is 6.55. The van der Waals surface area contributed by atoms with E-state index in [9.17, 15) is 14.7 Å². The highest BCUT2D eigenvalue weighted by Crippen LogP contribution is 2.30. The molecule has 0 radical (unpaired) electrons. The maximum Gasteiger partial charge on any atom is 0.185 e. The molecule has 0 atom stereocenters. The summed E-state index contributed by atoms with van der Waals surface area (Å²) in [6.45, 7) is 1.51. The van der Waals surface area contributed by atoms with Crippen LogP contribution in [0.4, 0.5) is 0 Å². The van der Waals surface area contributed by atoms with Gasteiger partial charge in [-0.25, -0.2) is 0 Å². The molecule has 0 saturated heterocycles. The highest BCUT2D eigenvalue weighted by Gasteiger charge is 2.08. The number of aromatic hydroxyl groups is 1. The number of benzene rings is 1. The summed E-state index contributed by atoms with van der Waals surface area (Å²) in [6, 6.07) is 3.06. The molecule has 100 valence electrons. The van der Waals surface area contributed by atoms with E-state index in [1.807, 2.05) is 0 Å². The number of hydrogen-bond donors (Lipinski definition) is 1. The third-order valence-electron chi connectivity index (χ3n) is 2.22. The number of phenolic OH excluding ortho intramolecular Hbond substituents is 1. The summed E-state index contributed by atoms with van der Waals surface area (Å²) < 4.78 is 4.96. The summed E-state index contributed by atoms with van der Waals surface area (Å²) >= 11 is 1.22. The summed E-state index contributed by atoms with van der Waals surface area (Å²) in [7, 11) is 1.41. The van der Waals surface area contributed by atoms with Crippen molar-refractivity contribution in [2.24, 2.45) is 0 Å². The number of rotatable bonds is 4. The molecule has 1 rings (SSSR count). The van der Waals surface area contributed by atoms with Crippen LogP contribution in [0.2, 0.25) is 0 Å². The fraction of sp³-hybridized carbons (Fsp3) is 0.286. The molecule has 0 saturated carbocycles. The number of carbonyl (C=O) groups is 2. The van der Waals surface area contributed by atoms with E-state index in [1.54, 1.807) is 6.07 Å². The largest absolute Gasteiger partial charge is 0.504 e. The summed E-state index contributed by atoms with van der Waals surface area (Å²) in [6.07, 6.45) is 1.12. The molecule has 0 unspecified atom stereocenters. The van der Waals surface area contributed by atoms with Gasteiger partial charge in [0.05, 0.1) is 12.7 Å². The zero-order valence-electron chi connectivity index (χ0n) is 10.7. The lowest BCUT2D eigenvalue weighted by Gasteiger charge is -2.05. The van der Waals surface area contributed by atoms with Gasteiger partial charge < -0.3 is 9.84 Å². The highest BCUT2D eigenvalue weighted by atomic mass is 32.2. The summed E-state index contributed by atoms with van der Waals surface area (Å²) in [5.74, 6) is 6.44. The third-order valence-corrected chi connectivity index (χ3v) is 3.03. The van der Waals surface area contributed by atoms with Gasteiger partial charge in [-0.2, -0.15) is 0 Å². The Morgan fingerprint density at radius 1 is 1.53 bits per heavy atom. The summed E-state index contributed by atoms with van der Waals surface area (Å²) in [5, 5.41) is 9.70. The van der Waals surface area contributed by atoms with E-state index in [4.69, 9.17) is 4.74 Å². The molecule has 0 aliphatic carbocycles. The van der Waals surface area contributed by atoms with Gasteiger partial charge in [-0.3, -0.25) is 9.59 Å². The number of aldehydes is 1. The van der Waals surface area contributed by atoms with Crippen LogP contribution in [0, 0.1) is 11.8 Å². The molecular formula is C14H14O4S. The molecule has 0 bridgehead atoms. The minimum atomic E-state index is -0.185. The van der Waals surface area contributed by atoms with Crippen LogP contribution in [-0.4, -0.2) is 29.4 Å². The quantitative estimate of drug-likeness (QED) is 0.520. The van der Waals surface area contributed by atoms with E-state index in [-0.39, 0.29) is 22.2 Å². The molecule has 5 heteroatoms. The molecule has 0 amide bonds. The first-order valence-electron chi connectivity index (χ1n) is 5.57. The normalized spacial score (nSPS) is 9.37. The molecule has 1 aromatic carbocycles. The number of phenols is 1. The second-order valence-corrected chi connectivity index (χ2v) is 4.90. The van der Waals surface area contributed by atoms with Gasteiger partial charge in [0.15, 0.2) is 22.9 Å². The van der Waals surface area contributed by atoms with Crippen molar-refractivity contribution in [2.45, 2.75) is 13.3 Å². The lowest BCUT2D eigenvalue weighted by atomic mass is 10.1. The van der Waals surface area contributed by atoms with Crippen LogP contribution >= 0.6 is 11.8 Å². The molecule has 19 heavy (non-hydrogen) atoms. The smallest absolute Gasteiger partial charge is 0.185 e. The lowest BCUT2D eigenvalue weighted by molar-refractivity contribution is -0.109. The first kappa shape index (κ1) is 15.1. The van der Waals surface area contributed by atoms with Crippen LogP contribution in [-0.2, 0) is 4.79 Å². The number of methoxy groups -OCH3 is 1. The Morgan fingerprint density at radius 2 is 2.26 bits per heavy atom. The summed E-state index contributed by atoms with van der Waals surface area (Å²) in [4.78, 5) is 21.5. The summed E-state index contributed by atoms with van der Waals surface area (Å²) in [5.41, 5.74) is 0.728. The molecule has 0 aliphatic heterocycles. The van der Waals surface area contributed by atoms with E-state index in [0.717, 1.165) is 0 Å². The third kappa shape index (κ3) is 4.68. The fourth-order valence-corrected chi connectivity index (χ4v) is 1.85. The second-order valence-electron chi connectivity index (χ2n) is 3.63. The van der Waals surface area contributed by atoms with E-state index >= 15 is 0 Å². The highest BCUT2D eigenvalue weighted by molar-refractivity contribution is 8.13. The average Bonchev–Trinajstić information content (AvgIpc) is 2.39. The number of ether oxygens (including phenoxy) is 1. The molecular weight excluding hydrogens is 264 g/mol. The maximum absolute atomic E-state index is 10.8. The van der Waals surface area contributed by atoms with E-state index < -0.39 is 0 Å². The molecule has 1 N–H and O–H groups in total. The van der Waals surface area contributed by atoms with Gasteiger partial charge in [-0.05, 0) is 12.1 Å². The van der Waals surface area contributed by atoms with Crippen molar-refractivity contribution in [1.29, 1.82) is 0 Å². The number of thioether (sulfide) groups is 1. The molecule has 0 fully saturated rings. The molecule has 0 spiro atoms. The minimum absolute atomic E-state index is 0.0661. The van der Waals surface area contributed by atoms with Crippen molar-refractivity contribution >= 4 is 23.2 Å². The van der Waals surface area contributed by atoms with E-state index in [1.165, 1.54) is 31.9 Å². The van der Waals surface area contributed by atoms with Crippen molar-refractivity contribution in [3.63, 3.8) is 0 Å². The Balaban J connectivity index is 2.81. The monoisotopic (exact) mass is 278 g/mol. The van der Waals surface area contributed by atoms with Crippen molar-refractivity contribution in [1.82, 2.24) is 0 Å². The zero-order chi connectivity index (χ0) is 14.3. The van der Waals surface area contributed by atoms with Crippen LogP contribution in [0.1, 0.15) is 29.3 Å². The van der Waals surface area contributed by atoms with Crippen molar-refractivity contribution in [3.05, 3.63) is 23.3 Å². The van der Waals surface area contributed by atoms with Crippen LogP contribution < -0.4 is 4.74 Å². The predicted molar refractivity (Wildman–Crippen MR) is 74.7 cm³/mol. The zero-order valence-corrected chi connectivity index (χ0v) is 11.5. The van der Waals surface area contributed by atoms with E-state index in [0.29, 0.717) is 24.0 Å². The second kappa shape index (κ2) is 7.49. The van der Waals surface area contributed by atoms with Gasteiger partial charge >= 0.3 is 0 Å². The minimum Gasteiger partial charge on any atom is -0.504 e. The lowest BCUT2D eigenvalue weighted by Crippen LogP contribution is -1.91. The van der Waals surface area contributed by atoms with Gasteiger partial charge in [-0.15, -0.1) is 0 Å². The number of hydrogen-bond acceptors (Lipinski definition) is 5. The van der Waals surface area contributed by atoms with Crippen molar-refractivity contribution < 1.29 is 19.4 Å². The van der Waals surface area contributed by atoms with Crippen molar-refractivity contribution in [3.8, 4) is 23.3 Å². The first-order chi connectivity index (χ1) is 9.08. The molecule has 0 aliphatic rings. The van der Waals surface area contributed by atoms with Gasteiger partial charge in [0.2, 0.25) is 0 Å². The Hall–Kier alpha value is -1.93. The molecule has 0 aromatic heterocycles. The van der Waals surface area contributed by atoms with Gasteiger partial charge in [0.25, 0.3) is 0 Å². The Morgan fingerprint density at radius 3 is 2.84 bits per heavy atom. The SMILES string of the molecule is COc1cc(C#CCCSC(C)=O)cc(C=O)c1O. The maximum atomic E-state index is 10.8. The topological polar surface area (TPSA) is 63.6 Å². The van der Waals surface area contributed by atoms with Crippen LogP contribution in [0.25, 0.3) is 0 Å². The van der Waals surface area contributed by atoms with Gasteiger partial charge in [0, 0.05) is 24.7 Å². The molecule has 4 nitrogen and oxygen atoms in total. The Kier molecular flexibility index (Phi) is 5.97. The average molecular weight is 278 g/mol. The Bertz CT molecular complexity index is 540. The molecule has 1 aromatic rings. The van der Waals surface area contributed by atoms with Crippen LogP contribution in [0.3, 0.4) is 0 Å². The van der Waals surface area contributed by atoms with Gasteiger partial charge in [-0.1, -0.05) is 23.6 Å². The fourth-order valence-electron chi connectivity index (χ4n) is 1.36. The van der Waals surface area contributed by atoms with E-state index in [2.05, 4.69) is 11.8 Å². The number of carbonyl (C=O) groups excluding carboxylic acids is 2. The van der Waals surface area contributed by atoms with Crippen molar-refractivity contribution in [2.75, 3.05) is 12.9 Å². The predicted octanol–water partition coefficient (Wildman–Crippen LogP) is 2.23. The Labute approximate surface area is 116 Å².